The van der Waals surface area contributed by atoms with E-state index in [-0.39, 0.29) is 5.54 Å². The Morgan fingerprint density at radius 1 is 1.64 bits per heavy atom. The van der Waals surface area contributed by atoms with Crippen LogP contribution in [0.3, 0.4) is 0 Å². The van der Waals surface area contributed by atoms with Gasteiger partial charge in [0, 0.05) is 18.6 Å². The molecule has 1 aliphatic rings. The molecule has 0 saturated carbocycles. The Hall–Kier alpha value is -0.0800. The zero-order valence-electron chi connectivity index (χ0n) is 7.93. The minimum absolute atomic E-state index is 0.101. The maximum atomic E-state index is 6.26. The molecule has 0 bridgehead atoms. The number of hydrogen-bond donors (Lipinski definition) is 1. The summed E-state index contributed by atoms with van der Waals surface area (Å²) < 4.78 is 0. The van der Waals surface area contributed by atoms with Crippen LogP contribution in [0.25, 0.3) is 0 Å². The second kappa shape index (κ2) is 3.11. The van der Waals surface area contributed by atoms with Crippen LogP contribution >= 0.6 is 0 Å². The van der Waals surface area contributed by atoms with Crippen LogP contribution in [0.2, 0.25) is 0 Å². The highest BCUT2D eigenvalue weighted by Crippen LogP contribution is 2.27. The molecule has 0 aliphatic carbocycles. The molecule has 0 aromatic rings. The molecule has 1 rings (SSSR count). The van der Waals surface area contributed by atoms with Gasteiger partial charge < -0.3 is 10.6 Å². The Labute approximate surface area is 69.8 Å². The molecule has 0 aromatic carbocycles. The Bertz CT molecular complexity index is 136. The molecule has 2 N–H and O–H groups in total. The predicted molar refractivity (Wildman–Crippen MR) is 48.5 cm³/mol. The summed E-state index contributed by atoms with van der Waals surface area (Å²) in [6.07, 6.45) is 2.37. The Balaban J connectivity index is 2.55. The highest BCUT2D eigenvalue weighted by molar-refractivity contribution is 4.97. The molecule has 2 nitrogen and oxygen atoms in total. The van der Waals surface area contributed by atoms with Crippen molar-refractivity contribution in [3.8, 4) is 0 Å². The fraction of sp³-hybridized carbons (Fsp3) is 1.00. The van der Waals surface area contributed by atoms with Gasteiger partial charge in [0.15, 0.2) is 0 Å². The minimum Gasteiger partial charge on any atom is -0.324 e. The lowest BCUT2D eigenvalue weighted by Crippen LogP contribution is -2.46. The summed E-state index contributed by atoms with van der Waals surface area (Å²) in [6, 6.07) is 0. The van der Waals surface area contributed by atoms with Crippen molar-refractivity contribution < 1.29 is 0 Å². The molecule has 0 unspecified atom stereocenters. The molecular formula is C9H20N2. The van der Waals surface area contributed by atoms with Gasteiger partial charge in [-0.25, -0.2) is 0 Å². The molecule has 0 radical (unpaired) electrons. The van der Waals surface area contributed by atoms with Gasteiger partial charge in [0.05, 0.1) is 0 Å². The first-order valence-electron chi connectivity index (χ1n) is 4.56. The lowest BCUT2D eigenvalue weighted by molar-refractivity contribution is 0.326. The van der Waals surface area contributed by atoms with Crippen molar-refractivity contribution >= 4 is 0 Å². The van der Waals surface area contributed by atoms with Crippen molar-refractivity contribution in [1.82, 2.24) is 4.90 Å². The summed E-state index contributed by atoms with van der Waals surface area (Å²) in [5.41, 5.74) is 6.36. The highest BCUT2D eigenvalue weighted by atomic mass is 15.2. The van der Waals surface area contributed by atoms with Gasteiger partial charge >= 0.3 is 0 Å². The summed E-state index contributed by atoms with van der Waals surface area (Å²) in [6.45, 7) is 6.71. The zero-order chi connectivity index (χ0) is 8.48. The molecule has 11 heavy (non-hydrogen) atoms. The molecule has 1 fully saturated rings. The topological polar surface area (TPSA) is 29.3 Å². The van der Waals surface area contributed by atoms with Crippen molar-refractivity contribution in [3.63, 3.8) is 0 Å². The second-order valence-corrected chi connectivity index (χ2v) is 4.08. The van der Waals surface area contributed by atoms with Crippen molar-refractivity contribution in [1.29, 1.82) is 0 Å². The summed E-state index contributed by atoms with van der Waals surface area (Å²) >= 11 is 0. The number of hydrogen-bond acceptors (Lipinski definition) is 2. The Morgan fingerprint density at radius 2 is 2.27 bits per heavy atom. The van der Waals surface area contributed by atoms with Crippen LogP contribution in [-0.4, -0.2) is 30.6 Å². The standard InChI is InChI=1S/C9H20N2/c1-4-5-9(10)7-11(3)6-8(9)2/h8H,4-7,10H2,1-3H3/t8-,9+/m0/s1. The molecule has 1 aliphatic heterocycles. The van der Waals surface area contributed by atoms with E-state index in [0.29, 0.717) is 5.92 Å². The lowest BCUT2D eigenvalue weighted by atomic mass is 9.85. The molecule has 1 saturated heterocycles. The fourth-order valence-electron chi connectivity index (χ4n) is 2.16. The number of nitrogens with two attached hydrogens (primary N) is 1. The van der Waals surface area contributed by atoms with Crippen LogP contribution in [0.5, 0.6) is 0 Å². The van der Waals surface area contributed by atoms with E-state index in [2.05, 4.69) is 25.8 Å². The van der Waals surface area contributed by atoms with Gasteiger partial charge in [0.25, 0.3) is 0 Å². The van der Waals surface area contributed by atoms with E-state index in [1.165, 1.54) is 12.8 Å². The first-order chi connectivity index (χ1) is 5.08. The molecule has 2 atom stereocenters. The average molecular weight is 156 g/mol. The van der Waals surface area contributed by atoms with E-state index in [0.717, 1.165) is 13.1 Å². The highest BCUT2D eigenvalue weighted by Gasteiger charge is 2.38. The third-order valence-corrected chi connectivity index (χ3v) is 2.85. The molecular weight excluding hydrogens is 136 g/mol. The first kappa shape index (κ1) is 9.01. The summed E-state index contributed by atoms with van der Waals surface area (Å²) in [5, 5.41) is 0. The summed E-state index contributed by atoms with van der Waals surface area (Å²) in [4.78, 5) is 2.33. The molecule has 0 spiro atoms. The van der Waals surface area contributed by atoms with Gasteiger partial charge in [-0.2, -0.15) is 0 Å². The van der Waals surface area contributed by atoms with Gasteiger partial charge in [-0.3, -0.25) is 0 Å². The summed E-state index contributed by atoms with van der Waals surface area (Å²) in [5.74, 6) is 0.660. The smallest absolute Gasteiger partial charge is 0.0321 e. The Morgan fingerprint density at radius 3 is 2.64 bits per heavy atom. The molecule has 66 valence electrons. The monoisotopic (exact) mass is 156 g/mol. The van der Waals surface area contributed by atoms with Crippen molar-refractivity contribution in [2.24, 2.45) is 11.7 Å². The van der Waals surface area contributed by atoms with Crippen LogP contribution < -0.4 is 5.73 Å². The van der Waals surface area contributed by atoms with E-state index in [1.54, 1.807) is 0 Å². The normalized spacial score (nSPS) is 39.8. The maximum absolute atomic E-state index is 6.26. The second-order valence-electron chi connectivity index (χ2n) is 4.08. The van der Waals surface area contributed by atoms with Gasteiger partial charge in [0.1, 0.15) is 0 Å². The van der Waals surface area contributed by atoms with Crippen LogP contribution in [0, 0.1) is 5.92 Å². The third-order valence-electron chi connectivity index (χ3n) is 2.85. The van der Waals surface area contributed by atoms with Crippen molar-refractivity contribution in [2.75, 3.05) is 20.1 Å². The van der Waals surface area contributed by atoms with E-state index in [4.69, 9.17) is 5.73 Å². The van der Waals surface area contributed by atoms with Crippen LogP contribution in [0.4, 0.5) is 0 Å². The number of likely N-dealkylation sites (N-methyl/N-ethyl adjacent to an activating group) is 1. The maximum Gasteiger partial charge on any atom is 0.0321 e. The SMILES string of the molecule is CCC[C@@]1(N)CN(C)C[C@@H]1C. The lowest BCUT2D eigenvalue weighted by Gasteiger charge is -2.27. The van der Waals surface area contributed by atoms with Gasteiger partial charge in [-0.1, -0.05) is 20.3 Å². The summed E-state index contributed by atoms with van der Waals surface area (Å²) in [7, 11) is 2.15. The molecule has 1 heterocycles. The van der Waals surface area contributed by atoms with Crippen LogP contribution in [0.1, 0.15) is 26.7 Å². The van der Waals surface area contributed by atoms with Gasteiger partial charge in [0.2, 0.25) is 0 Å². The van der Waals surface area contributed by atoms with E-state index < -0.39 is 0 Å². The van der Waals surface area contributed by atoms with Crippen molar-refractivity contribution in [2.45, 2.75) is 32.2 Å². The molecule has 2 heteroatoms. The van der Waals surface area contributed by atoms with E-state index in [1.807, 2.05) is 0 Å². The average Bonchev–Trinajstić information content (AvgIpc) is 2.08. The Kier molecular flexibility index (Phi) is 2.55. The molecule has 0 amide bonds. The quantitative estimate of drug-likeness (QED) is 0.648. The fourth-order valence-corrected chi connectivity index (χ4v) is 2.16. The third kappa shape index (κ3) is 1.74. The van der Waals surface area contributed by atoms with Gasteiger partial charge in [-0.15, -0.1) is 0 Å². The van der Waals surface area contributed by atoms with E-state index >= 15 is 0 Å². The number of likely N-dealkylation sites (tertiary alicyclic amines) is 1. The van der Waals surface area contributed by atoms with E-state index in [9.17, 15) is 0 Å². The van der Waals surface area contributed by atoms with Crippen LogP contribution in [-0.2, 0) is 0 Å². The zero-order valence-corrected chi connectivity index (χ0v) is 7.93. The minimum atomic E-state index is 0.101. The largest absolute Gasteiger partial charge is 0.324 e. The van der Waals surface area contributed by atoms with Crippen molar-refractivity contribution in [3.05, 3.63) is 0 Å². The molecule has 0 aromatic heterocycles. The van der Waals surface area contributed by atoms with Crippen LogP contribution in [0.15, 0.2) is 0 Å². The van der Waals surface area contributed by atoms with Gasteiger partial charge in [-0.05, 0) is 19.4 Å². The number of nitrogens with zero attached hydrogens (tertiary/aromatic N) is 1. The first-order valence-corrected chi connectivity index (χ1v) is 4.56. The number of rotatable bonds is 2. The predicted octanol–water partition coefficient (Wildman–Crippen LogP) is 1.07.